The second-order valence-electron chi connectivity index (χ2n) is 14.2. The third-order valence-corrected chi connectivity index (χ3v) is 11.9. The van der Waals surface area contributed by atoms with Gasteiger partial charge in [0.05, 0.1) is 41.9 Å². The van der Waals surface area contributed by atoms with Crippen molar-refractivity contribution in [3.05, 3.63) is 41.4 Å². The largest absolute Gasteiger partial charge is 0.469 e. The smallest absolute Gasteiger partial charge is 0.312 e. The van der Waals surface area contributed by atoms with Gasteiger partial charge in [0, 0.05) is 23.9 Å². The summed E-state index contributed by atoms with van der Waals surface area (Å²) >= 11 is 3.29. The van der Waals surface area contributed by atoms with Crippen LogP contribution < -0.4 is 0 Å². The summed E-state index contributed by atoms with van der Waals surface area (Å²) in [6.45, 7) is 9.14. The van der Waals surface area contributed by atoms with E-state index in [4.69, 9.17) is 13.7 Å². The molecule has 0 spiro atoms. The molecule has 1 amide bonds. The number of Topliss-reactive ketones (excluding diaryl/α,β-unsaturated/α-hetero) is 1. The number of methoxy groups -OCH3 is 1. The maximum absolute atomic E-state index is 14.3. The highest BCUT2D eigenvalue weighted by molar-refractivity contribution is 9.10. The van der Waals surface area contributed by atoms with Crippen LogP contribution in [0.2, 0.25) is 0 Å². The molecule has 10 nitrogen and oxygen atoms in total. The number of esters is 2. The van der Waals surface area contributed by atoms with E-state index in [1.165, 1.54) is 30.6 Å². The molecular weight excluding hydrogens is 666 g/mol. The molecule has 3 aliphatic carbocycles. The number of rotatable bonds is 12. The van der Waals surface area contributed by atoms with Gasteiger partial charge in [-0.2, -0.15) is 8.42 Å². The molecule has 4 aliphatic rings. The zero-order valence-corrected chi connectivity index (χ0v) is 28.6. The second-order valence-corrected chi connectivity index (χ2v) is 16.7. The highest BCUT2D eigenvalue weighted by atomic mass is 79.9. The number of likely N-dealkylation sites (tertiary alicyclic amines) is 1. The van der Waals surface area contributed by atoms with Crippen molar-refractivity contribution < 1.29 is 41.3 Å². The fraction of sp³-hybridized carbons (Fsp3) is 0.636. The topological polar surface area (TPSA) is 133 Å². The molecular formula is C33H42BrNO9S. The van der Waals surface area contributed by atoms with Crippen molar-refractivity contribution in [1.82, 2.24) is 4.90 Å². The van der Waals surface area contributed by atoms with Gasteiger partial charge >= 0.3 is 11.9 Å². The van der Waals surface area contributed by atoms with Gasteiger partial charge in [-0.25, -0.2) is 0 Å². The molecule has 4 fully saturated rings. The fourth-order valence-electron chi connectivity index (χ4n) is 7.16. The minimum absolute atomic E-state index is 0.0605. The number of benzene rings is 1. The Morgan fingerprint density at radius 2 is 1.71 bits per heavy atom. The van der Waals surface area contributed by atoms with Crippen LogP contribution in [-0.2, 0) is 43.0 Å². The first kappa shape index (κ1) is 33.8. The molecule has 0 radical (unpaired) electrons. The quantitative estimate of drug-likeness (QED) is 0.170. The summed E-state index contributed by atoms with van der Waals surface area (Å²) in [6.07, 6.45) is 3.32. The SMILES string of the molecule is C=C[C@@H]1C[C@]1(CC(=O)C1C[C@@H](OS(=O)(=O)c2ccc(Br)cc2)CN1C(=O)[C@@H](CC(=O)OC1C[C@@H]2C[C@@H]2C1)C(C)(C)C)C(=O)OC. The standard InChI is InChI=1S/C33H42BrNO9S/c1-6-21-16-33(21,31(39)42-5)17-28(36)27-14-24(44-45(40,41)25-9-7-22(34)8-10-25)18-35(27)30(38)26(32(2,3)4)15-29(37)43-23-12-19-11-20(19)13-23/h6-10,19-21,23-24,26-27H,1,11-18H2,2-5H3/t19-,20+,21-,23?,24-,26-,27?,33-/m1/s1. The van der Waals surface area contributed by atoms with E-state index in [0.29, 0.717) is 22.7 Å². The summed E-state index contributed by atoms with van der Waals surface area (Å²) in [7, 11) is -2.96. The van der Waals surface area contributed by atoms with Gasteiger partial charge in [-0.1, -0.05) is 42.8 Å². The number of ether oxygens (including phenoxy) is 2. The summed E-state index contributed by atoms with van der Waals surface area (Å²) in [5.41, 5.74) is -1.75. The third-order valence-electron chi connectivity index (χ3n) is 10.00. The Morgan fingerprint density at radius 1 is 1.07 bits per heavy atom. The van der Waals surface area contributed by atoms with Crippen molar-refractivity contribution in [1.29, 1.82) is 0 Å². The van der Waals surface area contributed by atoms with Crippen LogP contribution in [0.25, 0.3) is 0 Å². The molecule has 8 atom stereocenters. The lowest BCUT2D eigenvalue weighted by Gasteiger charge is -2.35. The first-order valence-electron chi connectivity index (χ1n) is 15.5. The van der Waals surface area contributed by atoms with Crippen LogP contribution in [-0.4, -0.2) is 68.9 Å². The Hall–Kier alpha value is -2.57. The predicted molar refractivity (Wildman–Crippen MR) is 167 cm³/mol. The highest BCUT2D eigenvalue weighted by Gasteiger charge is 2.61. The number of carbonyl (C=O) groups excluding carboxylic acids is 4. The number of halogens is 1. The summed E-state index contributed by atoms with van der Waals surface area (Å²) in [4.78, 5) is 55.3. The molecule has 1 aromatic rings. The van der Waals surface area contributed by atoms with Crippen molar-refractivity contribution in [3.63, 3.8) is 0 Å². The van der Waals surface area contributed by atoms with E-state index in [0.717, 1.165) is 12.8 Å². The van der Waals surface area contributed by atoms with Gasteiger partial charge in [0.15, 0.2) is 5.78 Å². The lowest BCUT2D eigenvalue weighted by atomic mass is 9.77. The zero-order valence-electron chi connectivity index (χ0n) is 26.2. The predicted octanol–water partition coefficient (Wildman–Crippen LogP) is 4.84. The molecule has 5 rings (SSSR count). The van der Waals surface area contributed by atoms with E-state index in [1.807, 2.05) is 20.8 Å². The minimum atomic E-state index is -4.23. The van der Waals surface area contributed by atoms with Gasteiger partial charge < -0.3 is 14.4 Å². The number of nitrogens with zero attached hydrogens (tertiary/aromatic N) is 1. The van der Waals surface area contributed by atoms with E-state index in [-0.39, 0.29) is 42.7 Å². The van der Waals surface area contributed by atoms with E-state index in [2.05, 4.69) is 22.5 Å². The number of ketones is 1. The molecule has 0 bridgehead atoms. The van der Waals surface area contributed by atoms with Crippen molar-refractivity contribution in [2.24, 2.45) is 34.5 Å². The van der Waals surface area contributed by atoms with Crippen molar-refractivity contribution in [3.8, 4) is 0 Å². The summed E-state index contributed by atoms with van der Waals surface area (Å²) < 4.78 is 43.4. The van der Waals surface area contributed by atoms with E-state index < -0.39 is 62.6 Å². The van der Waals surface area contributed by atoms with Crippen LogP contribution >= 0.6 is 15.9 Å². The molecule has 2 unspecified atom stereocenters. The first-order valence-corrected chi connectivity index (χ1v) is 17.7. The summed E-state index contributed by atoms with van der Waals surface area (Å²) in [6, 6.07) is 4.90. The van der Waals surface area contributed by atoms with Crippen molar-refractivity contribution in [2.45, 2.75) is 88.9 Å². The van der Waals surface area contributed by atoms with Gasteiger partial charge in [0.25, 0.3) is 10.1 Å². The average molecular weight is 709 g/mol. The third kappa shape index (κ3) is 7.22. The highest BCUT2D eigenvalue weighted by Crippen LogP contribution is 2.57. The average Bonchev–Trinajstić information content (AvgIpc) is 3.78. The Labute approximate surface area is 273 Å². The van der Waals surface area contributed by atoms with Crippen LogP contribution in [0.5, 0.6) is 0 Å². The number of amides is 1. The van der Waals surface area contributed by atoms with Gasteiger partial charge in [-0.05, 0) is 73.1 Å². The molecule has 1 aliphatic heterocycles. The number of allylic oxidation sites excluding steroid dienone is 1. The maximum Gasteiger partial charge on any atom is 0.312 e. The number of carbonyl (C=O) groups is 4. The molecule has 1 heterocycles. The van der Waals surface area contributed by atoms with Crippen LogP contribution in [0.3, 0.4) is 0 Å². The zero-order chi connectivity index (χ0) is 32.9. The van der Waals surface area contributed by atoms with E-state index in [1.54, 1.807) is 18.2 Å². The Kier molecular flexibility index (Phi) is 9.43. The minimum Gasteiger partial charge on any atom is -0.469 e. The van der Waals surface area contributed by atoms with Crippen molar-refractivity contribution in [2.75, 3.05) is 13.7 Å². The Balaban J connectivity index is 1.37. The van der Waals surface area contributed by atoms with Crippen molar-refractivity contribution >= 4 is 49.7 Å². The fourth-order valence-corrected chi connectivity index (χ4v) is 8.50. The monoisotopic (exact) mass is 707 g/mol. The van der Waals surface area contributed by atoms with Crippen LogP contribution in [0.15, 0.2) is 46.3 Å². The lowest BCUT2D eigenvalue weighted by molar-refractivity contribution is -0.157. The molecule has 12 heteroatoms. The van der Waals surface area contributed by atoms with Crippen LogP contribution in [0.4, 0.5) is 0 Å². The lowest BCUT2D eigenvalue weighted by Crippen LogP contribution is -2.48. The van der Waals surface area contributed by atoms with Gasteiger partial charge in [-0.15, -0.1) is 6.58 Å². The number of hydrogen-bond donors (Lipinski definition) is 0. The maximum atomic E-state index is 14.3. The summed E-state index contributed by atoms with van der Waals surface area (Å²) in [5, 5.41) is 0. The summed E-state index contributed by atoms with van der Waals surface area (Å²) in [5.74, 6) is -1.66. The van der Waals surface area contributed by atoms with Gasteiger partial charge in [-0.3, -0.25) is 23.4 Å². The molecule has 1 aromatic carbocycles. The Morgan fingerprint density at radius 3 is 2.27 bits per heavy atom. The van der Waals surface area contributed by atoms with Gasteiger partial charge in [0.1, 0.15) is 6.10 Å². The normalized spacial score (nSPS) is 31.1. The molecule has 3 saturated carbocycles. The molecule has 0 aromatic heterocycles. The number of hydrogen-bond acceptors (Lipinski definition) is 9. The molecule has 246 valence electrons. The number of fused-ring (bicyclic) bond motifs is 1. The molecule has 0 N–H and O–H groups in total. The molecule has 1 saturated heterocycles. The second kappa shape index (κ2) is 12.6. The van der Waals surface area contributed by atoms with Gasteiger partial charge in [0.2, 0.25) is 5.91 Å². The van der Waals surface area contributed by atoms with Crippen LogP contribution in [0, 0.1) is 34.5 Å². The molecule has 45 heavy (non-hydrogen) atoms. The van der Waals surface area contributed by atoms with E-state index in [9.17, 15) is 27.6 Å². The van der Waals surface area contributed by atoms with Crippen LogP contribution in [0.1, 0.15) is 65.7 Å². The first-order chi connectivity index (χ1) is 21.1. The van der Waals surface area contributed by atoms with E-state index >= 15 is 0 Å². The Bertz CT molecular complexity index is 1460.